The minimum absolute atomic E-state index is 0.0165. The van der Waals surface area contributed by atoms with Crippen LogP contribution in [0.4, 0.5) is 0 Å². The number of nitrogens with zero attached hydrogens (tertiary/aromatic N) is 2. The Kier molecular flexibility index (Phi) is 7.03. The summed E-state index contributed by atoms with van der Waals surface area (Å²) in [6.45, 7) is 3.72. The van der Waals surface area contributed by atoms with Crippen LogP contribution in [0, 0.1) is 0 Å². The maximum Gasteiger partial charge on any atom is 0.359 e. The molecule has 8 heteroatoms. The first kappa shape index (κ1) is 21.7. The minimum atomic E-state index is -0.652. The van der Waals surface area contributed by atoms with Crippen molar-refractivity contribution in [3.63, 3.8) is 0 Å². The summed E-state index contributed by atoms with van der Waals surface area (Å²) >= 11 is 12.0. The number of aromatic nitrogens is 2. The Balaban J connectivity index is 2.29. The van der Waals surface area contributed by atoms with Crippen LogP contribution < -0.4 is 0 Å². The van der Waals surface area contributed by atoms with Gasteiger partial charge >= 0.3 is 11.9 Å². The van der Waals surface area contributed by atoms with Crippen LogP contribution in [-0.4, -0.2) is 35.1 Å². The second-order valence-electron chi connectivity index (χ2n) is 6.07. The highest BCUT2D eigenvalue weighted by Crippen LogP contribution is 2.29. The molecule has 3 rings (SSSR count). The van der Waals surface area contributed by atoms with E-state index in [0.717, 1.165) is 0 Å². The van der Waals surface area contributed by atoms with Crippen LogP contribution in [0.3, 0.4) is 0 Å². The predicted molar refractivity (Wildman–Crippen MR) is 115 cm³/mol. The third-order valence-corrected chi connectivity index (χ3v) is 4.57. The van der Waals surface area contributed by atoms with Crippen LogP contribution in [0.15, 0.2) is 48.5 Å². The number of carbonyl (C=O) groups is 2. The summed E-state index contributed by atoms with van der Waals surface area (Å²) in [5, 5.41) is 1.04. The maximum absolute atomic E-state index is 12.7. The van der Waals surface area contributed by atoms with E-state index in [4.69, 9.17) is 32.7 Å². The third-order valence-electron chi connectivity index (χ3n) is 4.07. The number of hydrogen-bond acceptors (Lipinski definition) is 6. The van der Waals surface area contributed by atoms with Gasteiger partial charge in [0.25, 0.3) is 0 Å². The van der Waals surface area contributed by atoms with Gasteiger partial charge in [-0.1, -0.05) is 47.5 Å². The summed E-state index contributed by atoms with van der Waals surface area (Å²) in [5.41, 5.74) is 1.48. The molecule has 0 aliphatic heterocycles. The zero-order chi connectivity index (χ0) is 21.7. The molecule has 0 aliphatic carbocycles. The molecule has 2 aromatic carbocycles. The van der Waals surface area contributed by atoms with E-state index in [0.29, 0.717) is 21.2 Å². The zero-order valence-electron chi connectivity index (χ0n) is 16.3. The van der Waals surface area contributed by atoms with Crippen LogP contribution in [0.2, 0.25) is 10.0 Å². The summed E-state index contributed by atoms with van der Waals surface area (Å²) in [5.74, 6) is -1.30. The van der Waals surface area contributed by atoms with Gasteiger partial charge in [-0.05, 0) is 38.1 Å². The first-order chi connectivity index (χ1) is 14.4. The Hall–Kier alpha value is -2.96. The molecule has 1 aromatic heterocycles. The van der Waals surface area contributed by atoms with Gasteiger partial charge in [-0.15, -0.1) is 0 Å². The standard InChI is InChI=1S/C22H18Cl2N2O4/c1-3-29-21(27)19-17(13-5-9-15(23)10-6-13)26-20(22(28)30-4-2)18(25-19)14-7-11-16(24)12-8-14/h5-12H,3-4H2,1-2H3. The molecule has 154 valence electrons. The molecular formula is C22H18Cl2N2O4. The fourth-order valence-corrected chi connectivity index (χ4v) is 2.99. The molecule has 0 atom stereocenters. The van der Waals surface area contributed by atoms with Crippen LogP contribution in [-0.2, 0) is 9.47 Å². The SMILES string of the molecule is CCOC(=O)c1nc(-c2ccc(Cl)cc2)c(C(=O)OCC)nc1-c1ccc(Cl)cc1. The van der Waals surface area contributed by atoms with E-state index < -0.39 is 11.9 Å². The number of esters is 2. The zero-order valence-corrected chi connectivity index (χ0v) is 17.8. The van der Waals surface area contributed by atoms with Crippen molar-refractivity contribution < 1.29 is 19.1 Å². The number of halogens is 2. The monoisotopic (exact) mass is 444 g/mol. The van der Waals surface area contributed by atoms with Crippen molar-refractivity contribution >= 4 is 35.1 Å². The normalized spacial score (nSPS) is 10.5. The first-order valence-corrected chi connectivity index (χ1v) is 9.98. The molecular weight excluding hydrogens is 427 g/mol. The van der Waals surface area contributed by atoms with Gasteiger partial charge in [0.1, 0.15) is 11.4 Å². The van der Waals surface area contributed by atoms with Crippen molar-refractivity contribution in [2.75, 3.05) is 13.2 Å². The molecule has 0 unspecified atom stereocenters. The Morgan fingerprint density at radius 3 is 1.33 bits per heavy atom. The fourth-order valence-electron chi connectivity index (χ4n) is 2.74. The Morgan fingerprint density at radius 1 is 0.700 bits per heavy atom. The average Bonchev–Trinajstić information content (AvgIpc) is 2.74. The lowest BCUT2D eigenvalue weighted by Gasteiger charge is -2.14. The third kappa shape index (κ3) is 4.78. The van der Waals surface area contributed by atoms with Gasteiger partial charge in [0, 0.05) is 21.2 Å². The molecule has 0 fully saturated rings. The van der Waals surface area contributed by atoms with Crippen molar-refractivity contribution in [2.24, 2.45) is 0 Å². The Labute approximate surface area is 183 Å². The van der Waals surface area contributed by atoms with Crippen LogP contribution in [0.25, 0.3) is 22.5 Å². The van der Waals surface area contributed by atoms with Gasteiger partial charge in [-0.2, -0.15) is 0 Å². The smallest absolute Gasteiger partial charge is 0.359 e. The fraction of sp³-hybridized carbons (Fsp3) is 0.182. The maximum atomic E-state index is 12.7. The van der Waals surface area contributed by atoms with E-state index >= 15 is 0 Å². The van der Waals surface area contributed by atoms with E-state index in [-0.39, 0.29) is 36.0 Å². The number of benzene rings is 2. The Bertz CT molecular complexity index is 980. The molecule has 0 saturated heterocycles. The molecule has 0 radical (unpaired) electrons. The largest absolute Gasteiger partial charge is 0.461 e. The van der Waals surface area contributed by atoms with Crippen LogP contribution in [0.5, 0.6) is 0 Å². The number of ether oxygens (including phenoxy) is 2. The molecule has 1 heterocycles. The summed E-state index contributed by atoms with van der Waals surface area (Å²) in [6.07, 6.45) is 0. The average molecular weight is 445 g/mol. The molecule has 3 aromatic rings. The minimum Gasteiger partial charge on any atom is -0.461 e. The number of rotatable bonds is 6. The summed E-state index contributed by atoms with van der Waals surface area (Å²) in [4.78, 5) is 34.3. The molecule has 0 spiro atoms. The lowest BCUT2D eigenvalue weighted by Crippen LogP contribution is -2.17. The molecule has 0 bridgehead atoms. The number of carbonyl (C=O) groups excluding carboxylic acids is 2. The van der Waals surface area contributed by atoms with Crippen LogP contribution >= 0.6 is 23.2 Å². The van der Waals surface area contributed by atoms with Gasteiger partial charge in [0.05, 0.1) is 13.2 Å². The van der Waals surface area contributed by atoms with Gasteiger partial charge in [-0.3, -0.25) is 0 Å². The second-order valence-corrected chi connectivity index (χ2v) is 6.95. The Morgan fingerprint density at radius 2 is 1.03 bits per heavy atom. The molecule has 6 nitrogen and oxygen atoms in total. The van der Waals surface area contributed by atoms with Gasteiger partial charge in [0.2, 0.25) is 0 Å². The van der Waals surface area contributed by atoms with Crippen molar-refractivity contribution in [3.05, 3.63) is 70.0 Å². The molecule has 0 saturated carbocycles. The van der Waals surface area contributed by atoms with Crippen molar-refractivity contribution in [3.8, 4) is 22.5 Å². The van der Waals surface area contributed by atoms with Crippen molar-refractivity contribution in [2.45, 2.75) is 13.8 Å². The molecule has 0 aliphatic rings. The lowest BCUT2D eigenvalue weighted by molar-refractivity contribution is 0.0502. The van der Waals surface area contributed by atoms with E-state index in [1.54, 1.807) is 62.4 Å². The summed E-state index contributed by atoms with van der Waals surface area (Å²) in [7, 11) is 0. The highest BCUT2D eigenvalue weighted by Gasteiger charge is 2.26. The quantitative estimate of drug-likeness (QED) is 0.468. The lowest BCUT2D eigenvalue weighted by atomic mass is 10.1. The number of hydrogen-bond donors (Lipinski definition) is 0. The molecule has 0 N–H and O–H groups in total. The van der Waals surface area contributed by atoms with Gasteiger partial charge < -0.3 is 9.47 Å². The van der Waals surface area contributed by atoms with E-state index in [1.165, 1.54) is 0 Å². The summed E-state index contributed by atoms with van der Waals surface area (Å²) in [6, 6.07) is 13.4. The van der Waals surface area contributed by atoms with Gasteiger partial charge in [0.15, 0.2) is 11.4 Å². The van der Waals surface area contributed by atoms with Gasteiger partial charge in [-0.25, -0.2) is 19.6 Å². The first-order valence-electron chi connectivity index (χ1n) is 9.22. The summed E-state index contributed by atoms with van der Waals surface area (Å²) < 4.78 is 10.3. The van der Waals surface area contributed by atoms with E-state index in [9.17, 15) is 9.59 Å². The second kappa shape index (κ2) is 9.69. The molecule has 30 heavy (non-hydrogen) atoms. The van der Waals surface area contributed by atoms with Crippen molar-refractivity contribution in [1.29, 1.82) is 0 Å². The molecule has 0 amide bonds. The topological polar surface area (TPSA) is 78.4 Å². The highest BCUT2D eigenvalue weighted by atomic mass is 35.5. The van der Waals surface area contributed by atoms with E-state index in [1.807, 2.05) is 0 Å². The van der Waals surface area contributed by atoms with E-state index in [2.05, 4.69) is 9.97 Å². The van der Waals surface area contributed by atoms with Crippen molar-refractivity contribution in [1.82, 2.24) is 9.97 Å². The predicted octanol–water partition coefficient (Wildman–Crippen LogP) is 5.47. The van der Waals surface area contributed by atoms with Crippen LogP contribution in [0.1, 0.15) is 34.8 Å². The highest BCUT2D eigenvalue weighted by molar-refractivity contribution is 6.31.